The third-order valence-corrected chi connectivity index (χ3v) is 7.09. The fourth-order valence-corrected chi connectivity index (χ4v) is 5.46. The molecule has 0 bridgehead atoms. The van der Waals surface area contributed by atoms with Gasteiger partial charge in [0.05, 0.1) is 30.3 Å². The lowest BCUT2D eigenvalue weighted by molar-refractivity contribution is 0.0934. The molecule has 6 nitrogen and oxygen atoms in total. The van der Waals surface area contributed by atoms with Gasteiger partial charge >= 0.3 is 0 Å². The summed E-state index contributed by atoms with van der Waals surface area (Å²) in [7, 11) is -1.33. The van der Waals surface area contributed by atoms with Crippen molar-refractivity contribution in [2.75, 3.05) is 19.4 Å². The molecule has 0 aliphatic carbocycles. The molecule has 144 valence electrons. The third kappa shape index (κ3) is 4.73. The molecule has 0 radical (unpaired) electrons. The predicted molar refractivity (Wildman–Crippen MR) is 103 cm³/mol. The van der Waals surface area contributed by atoms with Gasteiger partial charge in [0.1, 0.15) is 0 Å². The van der Waals surface area contributed by atoms with E-state index in [1.54, 1.807) is 17.5 Å². The van der Waals surface area contributed by atoms with Gasteiger partial charge in [0.25, 0.3) is 0 Å². The summed E-state index contributed by atoms with van der Waals surface area (Å²) < 4.78 is 32.9. The third-order valence-electron chi connectivity index (χ3n) is 4.53. The predicted octanol–water partition coefficient (Wildman–Crippen LogP) is 2.94. The minimum Gasteiger partial charge on any atom is -0.376 e. The van der Waals surface area contributed by atoms with Gasteiger partial charge in [-0.1, -0.05) is 6.92 Å². The van der Waals surface area contributed by atoms with Crippen LogP contribution in [-0.2, 0) is 34.2 Å². The van der Waals surface area contributed by atoms with Crippen LogP contribution in [0.3, 0.4) is 0 Å². The monoisotopic (exact) mass is 397 g/mol. The molecule has 0 N–H and O–H groups in total. The van der Waals surface area contributed by atoms with Crippen LogP contribution in [0, 0.1) is 0 Å². The van der Waals surface area contributed by atoms with Crippen LogP contribution in [0.15, 0.2) is 28.2 Å². The molecule has 3 rings (SSSR count). The fraction of sp³-hybridized carbons (Fsp3) is 0.611. The number of hydrogen-bond donors (Lipinski definition) is 0. The second-order valence-electron chi connectivity index (χ2n) is 6.90. The van der Waals surface area contributed by atoms with Crippen LogP contribution < -0.4 is 0 Å². The lowest BCUT2D eigenvalue weighted by atomic mass is 10.2. The van der Waals surface area contributed by atoms with Crippen molar-refractivity contribution in [3.05, 3.63) is 34.3 Å². The Labute approximate surface area is 159 Å². The van der Waals surface area contributed by atoms with Crippen molar-refractivity contribution in [1.29, 1.82) is 0 Å². The van der Waals surface area contributed by atoms with Gasteiger partial charge in [-0.15, -0.1) is 0 Å². The van der Waals surface area contributed by atoms with E-state index in [4.69, 9.17) is 4.74 Å². The van der Waals surface area contributed by atoms with Crippen LogP contribution in [0.25, 0.3) is 0 Å². The van der Waals surface area contributed by atoms with Gasteiger partial charge in [0.2, 0.25) is 15.0 Å². The van der Waals surface area contributed by atoms with Crippen molar-refractivity contribution in [2.45, 2.75) is 57.1 Å². The quantitative estimate of drug-likeness (QED) is 0.651. The fourth-order valence-electron chi connectivity index (χ4n) is 3.34. The Morgan fingerprint density at radius 2 is 2.27 bits per heavy atom. The molecular weight excluding hydrogens is 370 g/mol. The van der Waals surface area contributed by atoms with Crippen LogP contribution in [-0.4, -0.2) is 48.4 Å². The second-order valence-corrected chi connectivity index (χ2v) is 9.68. The van der Waals surface area contributed by atoms with Crippen molar-refractivity contribution in [3.8, 4) is 0 Å². The Morgan fingerprint density at radius 1 is 1.42 bits per heavy atom. The smallest absolute Gasteiger partial charge is 0.227 e. The Balaban J connectivity index is 1.82. The van der Waals surface area contributed by atoms with Crippen molar-refractivity contribution >= 4 is 21.2 Å². The zero-order valence-corrected chi connectivity index (χ0v) is 17.1. The number of rotatable bonds is 9. The number of hydrogen-bond acceptors (Lipinski definition) is 6. The van der Waals surface area contributed by atoms with E-state index in [1.165, 1.54) is 5.56 Å². The van der Waals surface area contributed by atoms with Gasteiger partial charge in [-0.25, -0.2) is 13.4 Å². The molecule has 1 saturated heterocycles. The highest BCUT2D eigenvalue weighted by molar-refractivity contribution is 7.91. The first-order chi connectivity index (χ1) is 12.5. The van der Waals surface area contributed by atoms with E-state index in [0.29, 0.717) is 19.5 Å². The highest BCUT2D eigenvalue weighted by Gasteiger charge is 2.26. The molecular formula is C18H27N3O3S2. The summed E-state index contributed by atoms with van der Waals surface area (Å²) in [4.78, 5) is 6.48. The van der Waals surface area contributed by atoms with E-state index in [9.17, 15) is 8.42 Å². The van der Waals surface area contributed by atoms with E-state index in [1.807, 2.05) is 18.5 Å². The van der Waals surface area contributed by atoms with E-state index < -0.39 is 9.84 Å². The summed E-state index contributed by atoms with van der Waals surface area (Å²) in [6.07, 6.45) is 4.37. The largest absolute Gasteiger partial charge is 0.376 e. The summed E-state index contributed by atoms with van der Waals surface area (Å²) in [6.45, 7) is 4.66. The van der Waals surface area contributed by atoms with E-state index in [2.05, 4.69) is 26.7 Å². The molecule has 1 fully saturated rings. The van der Waals surface area contributed by atoms with Crippen molar-refractivity contribution in [1.82, 2.24) is 14.5 Å². The highest BCUT2D eigenvalue weighted by atomic mass is 32.2. The number of thiophene rings is 1. The van der Waals surface area contributed by atoms with Crippen LogP contribution in [0.4, 0.5) is 0 Å². The standard InChI is InChI=1S/C18H27N3O3S2/c1-3-9-26(22,23)18-19-10-16(21(18)13-17-5-4-7-24-17)12-20(2)11-15-6-8-25-14-15/h6,8,10,14,17H,3-5,7,9,11-13H2,1-2H3. The molecule has 8 heteroatoms. The van der Waals surface area contributed by atoms with Crippen LogP contribution >= 0.6 is 11.3 Å². The molecule has 2 aromatic rings. The van der Waals surface area contributed by atoms with Crippen LogP contribution in [0.5, 0.6) is 0 Å². The average Bonchev–Trinajstić information content (AvgIpc) is 3.31. The van der Waals surface area contributed by atoms with Crippen molar-refractivity contribution in [2.24, 2.45) is 0 Å². The number of imidazole rings is 1. The molecule has 2 aromatic heterocycles. The highest BCUT2D eigenvalue weighted by Crippen LogP contribution is 2.21. The molecule has 0 saturated carbocycles. The van der Waals surface area contributed by atoms with Gasteiger partial charge in [-0.2, -0.15) is 11.3 Å². The summed E-state index contributed by atoms with van der Waals surface area (Å²) in [5, 5.41) is 4.39. The number of ether oxygens (including phenoxy) is 1. The molecule has 1 atom stereocenters. The first kappa shape index (κ1) is 19.5. The zero-order valence-electron chi connectivity index (χ0n) is 15.4. The Kier molecular flexibility index (Phi) is 6.50. The van der Waals surface area contributed by atoms with E-state index >= 15 is 0 Å². The Hall–Kier alpha value is -1.22. The average molecular weight is 398 g/mol. The number of nitrogens with zero attached hydrogens (tertiary/aromatic N) is 3. The molecule has 1 unspecified atom stereocenters. The molecule has 1 aliphatic rings. The van der Waals surface area contributed by atoms with E-state index in [-0.39, 0.29) is 17.0 Å². The summed E-state index contributed by atoms with van der Waals surface area (Å²) >= 11 is 1.69. The molecule has 0 spiro atoms. The zero-order chi connectivity index (χ0) is 18.6. The summed E-state index contributed by atoms with van der Waals surface area (Å²) in [5.74, 6) is 0.125. The molecule has 3 heterocycles. The first-order valence-corrected chi connectivity index (χ1v) is 11.7. The Bertz CT molecular complexity index is 794. The normalized spacial score (nSPS) is 18.0. The molecule has 0 amide bonds. The number of sulfone groups is 1. The van der Waals surface area contributed by atoms with E-state index in [0.717, 1.165) is 31.7 Å². The minimum absolute atomic E-state index is 0.0701. The summed E-state index contributed by atoms with van der Waals surface area (Å²) in [6, 6.07) is 2.11. The topological polar surface area (TPSA) is 64.4 Å². The second kappa shape index (κ2) is 8.65. The lowest BCUT2D eigenvalue weighted by Crippen LogP contribution is -2.25. The van der Waals surface area contributed by atoms with Gasteiger partial charge < -0.3 is 9.30 Å². The van der Waals surface area contributed by atoms with Gasteiger partial charge in [0.15, 0.2) is 0 Å². The maximum atomic E-state index is 12.6. The van der Waals surface area contributed by atoms with Gasteiger partial charge in [-0.05, 0) is 48.7 Å². The molecule has 1 aliphatic heterocycles. The number of aromatic nitrogens is 2. The van der Waals surface area contributed by atoms with Crippen LogP contribution in [0.2, 0.25) is 0 Å². The van der Waals surface area contributed by atoms with Crippen molar-refractivity contribution in [3.63, 3.8) is 0 Å². The van der Waals surface area contributed by atoms with Crippen molar-refractivity contribution < 1.29 is 13.2 Å². The van der Waals surface area contributed by atoms with Gasteiger partial charge in [0, 0.05) is 19.7 Å². The minimum atomic E-state index is -3.37. The maximum Gasteiger partial charge on any atom is 0.227 e. The summed E-state index contributed by atoms with van der Waals surface area (Å²) in [5.41, 5.74) is 2.19. The first-order valence-electron chi connectivity index (χ1n) is 9.08. The van der Waals surface area contributed by atoms with Gasteiger partial charge in [-0.3, -0.25) is 4.90 Å². The molecule has 26 heavy (non-hydrogen) atoms. The SMILES string of the molecule is CCCS(=O)(=O)c1ncc(CN(C)Cc2ccsc2)n1CC1CCCO1. The maximum absolute atomic E-state index is 12.6. The van der Waals surface area contributed by atoms with Crippen LogP contribution in [0.1, 0.15) is 37.4 Å². The molecule has 0 aromatic carbocycles. The Morgan fingerprint density at radius 3 is 2.92 bits per heavy atom. The lowest BCUT2D eigenvalue weighted by Gasteiger charge is -2.20.